The smallest absolute Gasteiger partial charge is 0.0919 e. The van der Waals surface area contributed by atoms with Crippen molar-refractivity contribution < 1.29 is 0 Å². The summed E-state index contributed by atoms with van der Waals surface area (Å²) in [6.45, 7) is 13.1. The fourth-order valence-electron chi connectivity index (χ4n) is 1.07. The number of aliphatic imine (C=N–C) groups is 1. The van der Waals surface area contributed by atoms with E-state index in [0.29, 0.717) is 0 Å². The Balaban J connectivity index is 0.000000272. The van der Waals surface area contributed by atoms with Crippen LogP contribution in [0.15, 0.2) is 36.0 Å². The van der Waals surface area contributed by atoms with Crippen LogP contribution in [0.5, 0.6) is 0 Å². The SMILES string of the molecule is CC(C)(C)C1=NC=CC1.CC(C)C.c1c[nH]cn1. The second-order valence-corrected chi connectivity index (χ2v) is 5.91. The van der Waals surface area contributed by atoms with Gasteiger partial charge in [0.2, 0.25) is 0 Å². The van der Waals surface area contributed by atoms with E-state index in [9.17, 15) is 0 Å². The van der Waals surface area contributed by atoms with Gasteiger partial charge in [-0.05, 0) is 5.92 Å². The largest absolute Gasteiger partial charge is 0.351 e. The fourth-order valence-corrected chi connectivity index (χ4v) is 1.07. The van der Waals surface area contributed by atoms with Gasteiger partial charge in [-0.25, -0.2) is 4.98 Å². The summed E-state index contributed by atoms with van der Waals surface area (Å²) in [5.41, 5.74) is 1.56. The fraction of sp³-hybridized carbons (Fsp3) is 0.600. The number of nitrogens with zero attached hydrogens (tertiary/aromatic N) is 2. The van der Waals surface area contributed by atoms with E-state index in [1.54, 1.807) is 18.7 Å². The minimum absolute atomic E-state index is 0.267. The van der Waals surface area contributed by atoms with Gasteiger partial charge < -0.3 is 4.98 Å². The van der Waals surface area contributed by atoms with Crippen molar-refractivity contribution in [3.8, 4) is 0 Å². The summed E-state index contributed by atoms with van der Waals surface area (Å²) in [7, 11) is 0. The Kier molecular flexibility index (Phi) is 8.01. The Labute approximate surface area is 111 Å². The van der Waals surface area contributed by atoms with Crippen LogP contribution < -0.4 is 0 Å². The second kappa shape index (κ2) is 8.67. The van der Waals surface area contributed by atoms with E-state index in [-0.39, 0.29) is 5.41 Å². The zero-order valence-electron chi connectivity index (χ0n) is 12.6. The van der Waals surface area contributed by atoms with Crippen molar-refractivity contribution in [1.29, 1.82) is 0 Å². The molecule has 0 amide bonds. The van der Waals surface area contributed by atoms with Crippen LogP contribution in [0.25, 0.3) is 0 Å². The number of H-pyrrole nitrogens is 1. The van der Waals surface area contributed by atoms with Gasteiger partial charge >= 0.3 is 0 Å². The lowest BCUT2D eigenvalue weighted by Crippen LogP contribution is -2.17. The average molecular weight is 249 g/mol. The lowest BCUT2D eigenvalue weighted by molar-refractivity contribution is 0.585. The maximum absolute atomic E-state index is 4.24. The third kappa shape index (κ3) is 9.82. The molecular weight excluding hydrogens is 222 g/mol. The van der Waals surface area contributed by atoms with Crippen molar-refractivity contribution in [3.05, 3.63) is 31.0 Å². The van der Waals surface area contributed by atoms with Gasteiger partial charge in [0.05, 0.1) is 6.33 Å². The highest BCUT2D eigenvalue weighted by atomic mass is 14.8. The quantitative estimate of drug-likeness (QED) is 0.724. The van der Waals surface area contributed by atoms with Crippen molar-refractivity contribution in [3.63, 3.8) is 0 Å². The molecular formula is C15H27N3. The zero-order chi connectivity index (χ0) is 14.0. The summed E-state index contributed by atoms with van der Waals surface area (Å²) < 4.78 is 0. The molecule has 1 N–H and O–H groups in total. The number of nitrogens with one attached hydrogen (secondary N) is 1. The van der Waals surface area contributed by atoms with Crippen LogP contribution in [0.4, 0.5) is 0 Å². The molecule has 0 saturated carbocycles. The molecule has 102 valence electrons. The molecule has 1 aromatic heterocycles. The molecule has 0 radical (unpaired) electrons. The van der Waals surface area contributed by atoms with Gasteiger partial charge in [-0.3, -0.25) is 4.99 Å². The van der Waals surface area contributed by atoms with Gasteiger partial charge in [-0.1, -0.05) is 47.6 Å². The summed E-state index contributed by atoms with van der Waals surface area (Å²) in [4.78, 5) is 10.7. The summed E-state index contributed by atoms with van der Waals surface area (Å²) >= 11 is 0. The molecule has 0 bridgehead atoms. The topological polar surface area (TPSA) is 41.0 Å². The standard InChI is InChI=1S/C8H13N.C4H10.C3H4N2/c1-8(2,3)7-5-4-6-9-7;1-4(2)3;1-2-5-3-4-1/h4,6H,5H2,1-3H3;4H,1-3H3;1-3H,(H,4,5). The average Bonchev–Trinajstić information content (AvgIpc) is 2.93. The first-order valence-corrected chi connectivity index (χ1v) is 6.49. The number of aromatic nitrogens is 2. The first-order chi connectivity index (χ1) is 8.34. The van der Waals surface area contributed by atoms with Crippen molar-refractivity contribution in [2.45, 2.75) is 48.0 Å². The van der Waals surface area contributed by atoms with Gasteiger partial charge in [-0.15, -0.1) is 0 Å². The first kappa shape index (κ1) is 16.6. The maximum atomic E-state index is 4.24. The van der Waals surface area contributed by atoms with Gasteiger partial charge in [0.25, 0.3) is 0 Å². The van der Waals surface area contributed by atoms with Gasteiger partial charge in [0.15, 0.2) is 0 Å². The van der Waals surface area contributed by atoms with Crippen LogP contribution in [-0.2, 0) is 0 Å². The number of allylic oxidation sites excluding steroid dienone is 1. The normalized spacial score (nSPS) is 13.4. The third-order valence-electron chi connectivity index (χ3n) is 1.92. The van der Waals surface area contributed by atoms with Crippen molar-refractivity contribution >= 4 is 5.71 Å². The molecule has 0 aliphatic carbocycles. The Morgan fingerprint density at radius 2 is 1.83 bits per heavy atom. The Morgan fingerprint density at radius 1 is 1.22 bits per heavy atom. The van der Waals surface area contributed by atoms with Crippen LogP contribution in [0.2, 0.25) is 0 Å². The molecule has 2 heterocycles. The predicted octanol–water partition coefficient (Wildman–Crippen LogP) is 4.46. The molecule has 2 rings (SSSR count). The highest BCUT2D eigenvalue weighted by Gasteiger charge is 2.18. The Hall–Kier alpha value is -1.38. The minimum atomic E-state index is 0.267. The first-order valence-electron chi connectivity index (χ1n) is 6.49. The van der Waals surface area contributed by atoms with Crippen LogP contribution >= 0.6 is 0 Å². The highest BCUT2D eigenvalue weighted by molar-refractivity contribution is 5.92. The van der Waals surface area contributed by atoms with Gasteiger partial charge in [-0.2, -0.15) is 0 Å². The van der Waals surface area contributed by atoms with Crippen LogP contribution in [0.3, 0.4) is 0 Å². The molecule has 0 atom stereocenters. The van der Waals surface area contributed by atoms with E-state index in [0.717, 1.165) is 12.3 Å². The lowest BCUT2D eigenvalue weighted by Gasteiger charge is -2.17. The van der Waals surface area contributed by atoms with Crippen LogP contribution in [0.1, 0.15) is 48.0 Å². The van der Waals surface area contributed by atoms with Crippen molar-refractivity contribution in [2.75, 3.05) is 0 Å². The molecule has 18 heavy (non-hydrogen) atoms. The van der Waals surface area contributed by atoms with Crippen LogP contribution in [0, 0.1) is 11.3 Å². The monoisotopic (exact) mass is 249 g/mol. The number of imidazole rings is 1. The molecule has 0 fully saturated rings. The Bertz CT molecular complexity index is 320. The van der Waals surface area contributed by atoms with Gasteiger partial charge in [0, 0.05) is 36.1 Å². The van der Waals surface area contributed by atoms with Crippen LogP contribution in [-0.4, -0.2) is 15.7 Å². The van der Waals surface area contributed by atoms with E-state index in [1.165, 1.54) is 5.71 Å². The van der Waals surface area contributed by atoms with Gasteiger partial charge in [0.1, 0.15) is 0 Å². The molecule has 1 aliphatic heterocycles. The number of rotatable bonds is 0. The number of aromatic amines is 1. The molecule has 0 aromatic carbocycles. The summed E-state index contributed by atoms with van der Waals surface area (Å²) in [5, 5.41) is 0. The molecule has 0 saturated heterocycles. The summed E-state index contributed by atoms with van der Waals surface area (Å²) in [5.74, 6) is 0.833. The number of hydrogen-bond donors (Lipinski definition) is 1. The molecule has 0 spiro atoms. The van der Waals surface area contributed by atoms with Crippen molar-refractivity contribution in [2.24, 2.45) is 16.3 Å². The predicted molar refractivity (Wildman–Crippen MR) is 79.7 cm³/mol. The molecule has 3 nitrogen and oxygen atoms in total. The van der Waals surface area contributed by atoms with E-state index in [2.05, 4.69) is 62.6 Å². The maximum Gasteiger partial charge on any atom is 0.0919 e. The molecule has 1 aliphatic rings. The molecule has 1 aromatic rings. The van der Waals surface area contributed by atoms with E-state index < -0.39 is 0 Å². The minimum Gasteiger partial charge on any atom is -0.351 e. The lowest BCUT2D eigenvalue weighted by atomic mass is 9.89. The Morgan fingerprint density at radius 3 is 2.00 bits per heavy atom. The van der Waals surface area contributed by atoms with Crippen molar-refractivity contribution in [1.82, 2.24) is 9.97 Å². The van der Waals surface area contributed by atoms with E-state index in [4.69, 9.17) is 0 Å². The summed E-state index contributed by atoms with van der Waals surface area (Å²) in [6, 6.07) is 0. The summed E-state index contributed by atoms with van der Waals surface area (Å²) in [6.07, 6.45) is 10.1. The van der Waals surface area contributed by atoms with E-state index >= 15 is 0 Å². The van der Waals surface area contributed by atoms with E-state index in [1.807, 2.05) is 6.20 Å². The number of hydrogen-bond acceptors (Lipinski definition) is 2. The molecule has 3 heteroatoms. The molecule has 0 unspecified atom stereocenters. The second-order valence-electron chi connectivity index (χ2n) is 5.91. The third-order valence-corrected chi connectivity index (χ3v) is 1.92. The zero-order valence-corrected chi connectivity index (χ0v) is 12.6. The highest BCUT2D eigenvalue weighted by Crippen LogP contribution is 2.21.